The van der Waals surface area contributed by atoms with Crippen LogP contribution in [0.3, 0.4) is 0 Å². The minimum Gasteiger partial charge on any atom is -0.356 e. The molecule has 156 valence electrons. The van der Waals surface area contributed by atoms with Gasteiger partial charge in [-0.05, 0) is 31.9 Å². The van der Waals surface area contributed by atoms with E-state index in [0.29, 0.717) is 11.6 Å². The van der Waals surface area contributed by atoms with E-state index in [-0.39, 0.29) is 17.2 Å². The van der Waals surface area contributed by atoms with Crippen LogP contribution in [0, 0.1) is 12.3 Å². The van der Waals surface area contributed by atoms with E-state index in [1.165, 1.54) is 0 Å². The standard InChI is InChI=1S/C23H27N5O2/c1-15-13-19(30-27-15)18-14-25-21(17-5-9-24-10-6-17)26-20(18)16-7-11-28(12-8-16)22(29)23(2,3)4/h5-6,9-10,13-14,16H,7-8,11-12H2,1-4H3. The molecule has 7 heteroatoms. The molecular weight excluding hydrogens is 378 g/mol. The van der Waals surface area contributed by atoms with E-state index < -0.39 is 0 Å². The molecule has 1 amide bonds. The van der Waals surface area contributed by atoms with E-state index in [0.717, 1.165) is 48.4 Å². The van der Waals surface area contributed by atoms with Gasteiger partial charge in [0.2, 0.25) is 5.91 Å². The highest BCUT2D eigenvalue weighted by Gasteiger charge is 2.32. The Kier molecular flexibility index (Phi) is 5.37. The van der Waals surface area contributed by atoms with E-state index in [9.17, 15) is 4.79 Å². The molecule has 0 unspecified atom stereocenters. The summed E-state index contributed by atoms with van der Waals surface area (Å²) in [6.45, 7) is 9.26. The van der Waals surface area contributed by atoms with Gasteiger partial charge in [-0.15, -0.1) is 0 Å². The normalized spacial score (nSPS) is 15.4. The molecule has 3 aromatic heterocycles. The van der Waals surface area contributed by atoms with Gasteiger partial charge in [0.05, 0.1) is 17.0 Å². The van der Waals surface area contributed by atoms with Crippen LogP contribution in [0.15, 0.2) is 41.3 Å². The van der Waals surface area contributed by atoms with Gasteiger partial charge in [0.1, 0.15) is 0 Å². The van der Waals surface area contributed by atoms with Crippen LogP contribution in [0.1, 0.15) is 50.9 Å². The lowest BCUT2D eigenvalue weighted by Gasteiger charge is -2.36. The number of rotatable bonds is 3. The summed E-state index contributed by atoms with van der Waals surface area (Å²) in [4.78, 5) is 28.2. The van der Waals surface area contributed by atoms with Crippen LogP contribution in [-0.2, 0) is 4.79 Å². The van der Waals surface area contributed by atoms with Crippen molar-refractivity contribution in [1.29, 1.82) is 0 Å². The lowest BCUT2D eigenvalue weighted by molar-refractivity contribution is -0.140. The van der Waals surface area contributed by atoms with Gasteiger partial charge >= 0.3 is 0 Å². The van der Waals surface area contributed by atoms with Crippen LogP contribution < -0.4 is 0 Å². The molecule has 0 N–H and O–H groups in total. The summed E-state index contributed by atoms with van der Waals surface area (Å²) in [5.41, 5.74) is 3.20. The Labute approximate surface area is 176 Å². The van der Waals surface area contributed by atoms with Crippen molar-refractivity contribution in [2.45, 2.75) is 46.5 Å². The molecule has 0 bridgehead atoms. The number of piperidine rings is 1. The molecule has 0 spiro atoms. The van der Waals surface area contributed by atoms with Crippen molar-refractivity contribution in [3.05, 3.63) is 48.2 Å². The van der Waals surface area contributed by atoms with E-state index in [1.807, 2.05) is 57.0 Å². The summed E-state index contributed by atoms with van der Waals surface area (Å²) in [5, 5.41) is 4.03. The summed E-state index contributed by atoms with van der Waals surface area (Å²) >= 11 is 0. The van der Waals surface area contributed by atoms with Gasteiger partial charge in [-0.2, -0.15) is 0 Å². The number of amides is 1. The zero-order valence-corrected chi connectivity index (χ0v) is 17.9. The molecule has 7 nitrogen and oxygen atoms in total. The Morgan fingerprint density at radius 2 is 1.87 bits per heavy atom. The molecule has 1 saturated heterocycles. The molecule has 4 heterocycles. The largest absolute Gasteiger partial charge is 0.356 e. The van der Waals surface area contributed by atoms with Crippen LogP contribution >= 0.6 is 0 Å². The number of hydrogen-bond donors (Lipinski definition) is 0. The predicted octanol–water partition coefficient (Wildman–Crippen LogP) is 4.25. The third-order valence-corrected chi connectivity index (χ3v) is 5.46. The highest BCUT2D eigenvalue weighted by Crippen LogP contribution is 2.36. The third kappa shape index (κ3) is 4.10. The average Bonchev–Trinajstić information content (AvgIpc) is 3.19. The van der Waals surface area contributed by atoms with Crippen molar-refractivity contribution in [3.8, 4) is 22.7 Å². The van der Waals surface area contributed by atoms with Gasteiger partial charge in [-0.3, -0.25) is 9.78 Å². The number of aryl methyl sites for hydroxylation is 1. The summed E-state index contributed by atoms with van der Waals surface area (Å²) in [7, 11) is 0. The molecule has 0 aliphatic carbocycles. The fourth-order valence-electron chi connectivity index (χ4n) is 3.86. The number of likely N-dealkylation sites (tertiary alicyclic amines) is 1. The molecule has 1 aliphatic rings. The second kappa shape index (κ2) is 7.97. The van der Waals surface area contributed by atoms with Gasteiger partial charge in [0.15, 0.2) is 11.6 Å². The minimum absolute atomic E-state index is 0.201. The van der Waals surface area contributed by atoms with Crippen molar-refractivity contribution < 1.29 is 9.32 Å². The smallest absolute Gasteiger partial charge is 0.227 e. The van der Waals surface area contributed by atoms with Crippen LogP contribution in [0.2, 0.25) is 0 Å². The molecule has 0 saturated carbocycles. The van der Waals surface area contributed by atoms with Gasteiger partial charge in [0.25, 0.3) is 0 Å². The fraction of sp³-hybridized carbons (Fsp3) is 0.435. The first-order valence-electron chi connectivity index (χ1n) is 10.3. The second-order valence-corrected chi connectivity index (χ2v) is 8.88. The van der Waals surface area contributed by atoms with Crippen LogP contribution in [-0.4, -0.2) is 44.0 Å². The molecule has 1 fully saturated rings. The zero-order valence-electron chi connectivity index (χ0n) is 17.9. The van der Waals surface area contributed by atoms with Crippen molar-refractivity contribution in [2.75, 3.05) is 13.1 Å². The van der Waals surface area contributed by atoms with Crippen molar-refractivity contribution in [1.82, 2.24) is 25.0 Å². The first kappa shape index (κ1) is 20.2. The van der Waals surface area contributed by atoms with Gasteiger partial charge < -0.3 is 9.42 Å². The number of hydrogen-bond acceptors (Lipinski definition) is 6. The van der Waals surface area contributed by atoms with Crippen LogP contribution in [0.4, 0.5) is 0 Å². The number of pyridine rings is 1. The average molecular weight is 406 g/mol. The molecule has 4 rings (SSSR count). The topological polar surface area (TPSA) is 85.0 Å². The Hall–Kier alpha value is -3.09. The predicted molar refractivity (Wildman–Crippen MR) is 114 cm³/mol. The Morgan fingerprint density at radius 3 is 2.47 bits per heavy atom. The SMILES string of the molecule is Cc1cc(-c2cnc(-c3ccncc3)nc2C2CCN(C(=O)C(C)(C)C)CC2)on1. The molecule has 0 radical (unpaired) electrons. The molecule has 30 heavy (non-hydrogen) atoms. The van der Waals surface area contributed by atoms with E-state index in [1.54, 1.807) is 12.4 Å². The second-order valence-electron chi connectivity index (χ2n) is 8.88. The molecule has 0 aromatic carbocycles. The number of carbonyl (C=O) groups is 1. The van der Waals surface area contributed by atoms with E-state index in [2.05, 4.69) is 15.1 Å². The van der Waals surface area contributed by atoms with Crippen molar-refractivity contribution in [2.24, 2.45) is 5.41 Å². The Balaban J connectivity index is 1.66. The maximum absolute atomic E-state index is 12.7. The van der Waals surface area contributed by atoms with Crippen molar-refractivity contribution in [3.63, 3.8) is 0 Å². The summed E-state index contributed by atoms with van der Waals surface area (Å²) in [6.07, 6.45) is 7.01. The van der Waals surface area contributed by atoms with Gasteiger partial charge in [-0.25, -0.2) is 9.97 Å². The first-order chi connectivity index (χ1) is 14.3. The van der Waals surface area contributed by atoms with Gasteiger partial charge in [-0.1, -0.05) is 25.9 Å². The van der Waals surface area contributed by atoms with Crippen LogP contribution in [0.25, 0.3) is 22.7 Å². The van der Waals surface area contributed by atoms with Crippen LogP contribution in [0.5, 0.6) is 0 Å². The molecule has 1 aliphatic heterocycles. The maximum Gasteiger partial charge on any atom is 0.227 e. The number of nitrogens with zero attached hydrogens (tertiary/aromatic N) is 5. The first-order valence-corrected chi connectivity index (χ1v) is 10.3. The van der Waals surface area contributed by atoms with Crippen molar-refractivity contribution >= 4 is 5.91 Å². The maximum atomic E-state index is 12.7. The summed E-state index contributed by atoms with van der Waals surface area (Å²) in [6, 6.07) is 5.72. The minimum atomic E-state index is -0.362. The lowest BCUT2D eigenvalue weighted by atomic mass is 9.88. The molecule has 0 atom stereocenters. The fourth-order valence-corrected chi connectivity index (χ4v) is 3.86. The third-order valence-electron chi connectivity index (χ3n) is 5.46. The monoisotopic (exact) mass is 405 g/mol. The lowest BCUT2D eigenvalue weighted by Crippen LogP contribution is -2.43. The highest BCUT2D eigenvalue weighted by atomic mass is 16.5. The summed E-state index contributed by atoms with van der Waals surface area (Å²) < 4.78 is 5.53. The molecular formula is C23H27N5O2. The Bertz CT molecular complexity index is 1030. The Morgan fingerprint density at radius 1 is 1.17 bits per heavy atom. The summed E-state index contributed by atoms with van der Waals surface area (Å²) in [5.74, 6) is 1.77. The van der Waals surface area contributed by atoms with Gasteiger partial charge in [0, 0.05) is 54.6 Å². The van der Waals surface area contributed by atoms with E-state index >= 15 is 0 Å². The highest BCUT2D eigenvalue weighted by molar-refractivity contribution is 5.81. The zero-order chi connectivity index (χ0) is 21.3. The quantitative estimate of drug-likeness (QED) is 0.647. The molecule has 3 aromatic rings. The number of carbonyl (C=O) groups excluding carboxylic acids is 1. The number of aromatic nitrogens is 4. The van der Waals surface area contributed by atoms with E-state index in [4.69, 9.17) is 9.51 Å².